The normalized spacial score (nSPS) is 18.6. The number of carbonyl (C=O) groups excluding carboxylic acids is 2. The van der Waals surface area contributed by atoms with Crippen molar-refractivity contribution in [2.75, 3.05) is 0 Å². The Labute approximate surface area is 146 Å². The summed E-state index contributed by atoms with van der Waals surface area (Å²) < 4.78 is 11.2. The quantitative estimate of drug-likeness (QED) is 0.624. The van der Waals surface area contributed by atoms with Crippen LogP contribution in [-0.4, -0.2) is 23.5 Å². The van der Waals surface area contributed by atoms with Gasteiger partial charge in [0.2, 0.25) is 0 Å². The predicted molar refractivity (Wildman–Crippen MR) is 93.3 cm³/mol. The smallest absolute Gasteiger partial charge is 0.364 e. The van der Waals surface area contributed by atoms with Crippen LogP contribution >= 0.6 is 0 Å². The average Bonchev–Trinajstić information content (AvgIpc) is 2.60. The first-order chi connectivity index (χ1) is 12.0. The van der Waals surface area contributed by atoms with E-state index in [1.165, 1.54) is 0 Å². The van der Waals surface area contributed by atoms with Gasteiger partial charge in [-0.2, -0.15) is 0 Å². The minimum absolute atomic E-state index is 0.171. The van der Waals surface area contributed by atoms with Crippen LogP contribution in [-0.2, 0) is 9.53 Å². The van der Waals surface area contributed by atoms with E-state index in [9.17, 15) is 9.59 Å². The number of ether oxygens (including phenoxy) is 2. The zero-order chi connectivity index (χ0) is 17.9. The standard InChI is InChI=1S/C21H18O4/c1-15(2)24-20(23)21(13-12-16-8-4-3-5-9-16)14-18(22)17-10-6-7-11-19(17)25-21/h3-11,15H,14H2,1-2H3. The Balaban J connectivity index is 2.04. The van der Waals surface area contributed by atoms with Crippen molar-refractivity contribution < 1.29 is 19.1 Å². The highest BCUT2D eigenvalue weighted by Gasteiger charge is 2.47. The Bertz CT molecular complexity index is 858. The van der Waals surface area contributed by atoms with Crippen molar-refractivity contribution in [1.29, 1.82) is 0 Å². The summed E-state index contributed by atoms with van der Waals surface area (Å²) in [4.78, 5) is 25.3. The van der Waals surface area contributed by atoms with E-state index in [1.54, 1.807) is 38.1 Å². The fraction of sp³-hybridized carbons (Fsp3) is 0.238. The summed E-state index contributed by atoms with van der Waals surface area (Å²) in [5.74, 6) is 5.31. The number of hydrogen-bond acceptors (Lipinski definition) is 4. The first kappa shape index (κ1) is 16.8. The summed E-state index contributed by atoms with van der Waals surface area (Å²) in [5, 5.41) is 0. The van der Waals surface area contributed by atoms with E-state index < -0.39 is 11.6 Å². The van der Waals surface area contributed by atoms with Crippen LogP contribution in [0, 0.1) is 11.8 Å². The van der Waals surface area contributed by atoms with Crippen LogP contribution in [0.1, 0.15) is 36.2 Å². The maximum atomic E-state index is 12.7. The second-order valence-corrected chi connectivity index (χ2v) is 6.10. The van der Waals surface area contributed by atoms with Crippen LogP contribution in [0.5, 0.6) is 5.75 Å². The Kier molecular flexibility index (Phi) is 4.58. The van der Waals surface area contributed by atoms with Crippen LogP contribution in [0.2, 0.25) is 0 Å². The highest BCUT2D eigenvalue weighted by molar-refractivity contribution is 6.05. The second-order valence-electron chi connectivity index (χ2n) is 6.10. The molecule has 0 aliphatic carbocycles. The van der Waals surface area contributed by atoms with Gasteiger partial charge in [-0.05, 0) is 44.0 Å². The lowest BCUT2D eigenvalue weighted by Crippen LogP contribution is -2.49. The van der Waals surface area contributed by atoms with Gasteiger partial charge in [-0.1, -0.05) is 36.3 Å². The zero-order valence-electron chi connectivity index (χ0n) is 14.1. The minimum atomic E-state index is -1.63. The largest absolute Gasteiger partial charge is 0.462 e. The van der Waals surface area contributed by atoms with Crippen molar-refractivity contribution in [3.63, 3.8) is 0 Å². The fourth-order valence-corrected chi connectivity index (χ4v) is 2.57. The number of fused-ring (bicyclic) bond motifs is 1. The number of carbonyl (C=O) groups is 2. The third-order valence-electron chi connectivity index (χ3n) is 3.74. The summed E-state index contributed by atoms with van der Waals surface area (Å²) in [6.45, 7) is 3.49. The van der Waals surface area contributed by atoms with E-state index in [-0.39, 0.29) is 18.3 Å². The molecule has 2 aromatic rings. The molecule has 0 aromatic heterocycles. The molecule has 0 bridgehead atoms. The van der Waals surface area contributed by atoms with E-state index in [0.717, 1.165) is 5.56 Å². The van der Waals surface area contributed by atoms with Gasteiger partial charge in [0.25, 0.3) is 5.60 Å². The molecular formula is C21H18O4. The van der Waals surface area contributed by atoms with Gasteiger partial charge in [0.15, 0.2) is 5.78 Å². The van der Waals surface area contributed by atoms with Crippen molar-refractivity contribution in [3.8, 4) is 17.6 Å². The van der Waals surface area contributed by atoms with Crippen molar-refractivity contribution in [3.05, 3.63) is 65.7 Å². The molecule has 1 aliphatic rings. The van der Waals surface area contributed by atoms with E-state index in [4.69, 9.17) is 9.47 Å². The lowest BCUT2D eigenvalue weighted by atomic mass is 9.90. The number of benzene rings is 2. The van der Waals surface area contributed by atoms with E-state index >= 15 is 0 Å². The Morgan fingerprint density at radius 2 is 1.80 bits per heavy atom. The van der Waals surface area contributed by atoms with Gasteiger partial charge in [-0.3, -0.25) is 4.79 Å². The lowest BCUT2D eigenvalue weighted by Gasteiger charge is -2.32. The van der Waals surface area contributed by atoms with E-state index in [2.05, 4.69) is 11.8 Å². The molecule has 1 atom stereocenters. The molecule has 2 aromatic carbocycles. The van der Waals surface area contributed by atoms with Crippen LogP contribution < -0.4 is 4.74 Å². The topological polar surface area (TPSA) is 52.6 Å². The summed E-state index contributed by atoms with van der Waals surface area (Å²) in [6.07, 6.45) is -0.506. The number of ketones is 1. The summed E-state index contributed by atoms with van der Waals surface area (Å²) in [7, 11) is 0. The molecule has 3 rings (SSSR count). The second kappa shape index (κ2) is 6.82. The first-order valence-electron chi connectivity index (χ1n) is 8.11. The van der Waals surface area contributed by atoms with Gasteiger partial charge in [0.1, 0.15) is 5.75 Å². The van der Waals surface area contributed by atoms with E-state index in [1.807, 2.05) is 30.3 Å². The fourth-order valence-electron chi connectivity index (χ4n) is 2.57. The van der Waals surface area contributed by atoms with Crippen molar-refractivity contribution in [2.45, 2.75) is 32.0 Å². The molecule has 126 valence electrons. The maximum Gasteiger partial charge on any atom is 0.364 e. The van der Waals surface area contributed by atoms with E-state index in [0.29, 0.717) is 11.3 Å². The maximum absolute atomic E-state index is 12.7. The van der Waals surface area contributed by atoms with Gasteiger partial charge in [0.05, 0.1) is 18.1 Å². The Morgan fingerprint density at radius 3 is 2.52 bits per heavy atom. The molecule has 0 fully saturated rings. The molecule has 4 heteroatoms. The molecule has 4 nitrogen and oxygen atoms in total. The van der Waals surface area contributed by atoms with Crippen molar-refractivity contribution in [2.24, 2.45) is 0 Å². The zero-order valence-corrected chi connectivity index (χ0v) is 14.1. The Hall–Kier alpha value is -3.06. The highest BCUT2D eigenvalue weighted by Crippen LogP contribution is 2.34. The molecular weight excluding hydrogens is 316 g/mol. The molecule has 0 saturated heterocycles. The molecule has 0 saturated carbocycles. The molecule has 0 radical (unpaired) electrons. The summed E-state index contributed by atoms with van der Waals surface area (Å²) in [5.41, 5.74) is -0.447. The van der Waals surface area contributed by atoms with Gasteiger partial charge in [-0.15, -0.1) is 0 Å². The molecule has 25 heavy (non-hydrogen) atoms. The number of hydrogen-bond donors (Lipinski definition) is 0. The lowest BCUT2D eigenvalue weighted by molar-refractivity contribution is -0.161. The summed E-state index contributed by atoms with van der Waals surface area (Å²) in [6, 6.07) is 16.1. The molecule has 1 aliphatic heterocycles. The van der Waals surface area contributed by atoms with Gasteiger partial charge >= 0.3 is 5.97 Å². The van der Waals surface area contributed by atoms with Gasteiger partial charge < -0.3 is 9.47 Å². The van der Waals surface area contributed by atoms with Gasteiger partial charge in [0, 0.05) is 5.56 Å². The highest BCUT2D eigenvalue weighted by atomic mass is 16.6. The monoisotopic (exact) mass is 334 g/mol. The van der Waals surface area contributed by atoms with Crippen molar-refractivity contribution in [1.82, 2.24) is 0 Å². The van der Waals surface area contributed by atoms with Gasteiger partial charge in [-0.25, -0.2) is 4.79 Å². The molecule has 0 amide bonds. The molecule has 1 heterocycles. The molecule has 0 spiro atoms. The number of Topliss-reactive ketones (excluding diaryl/α,β-unsaturated/α-hetero) is 1. The van der Waals surface area contributed by atoms with Crippen LogP contribution in [0.25, 0.3) is 0 Å². The van der Waals surface area contributed by atoms with Crippen molar-refractivity contribution >= 4 is 11.8 Å². The molecule has 0 N–H and O–H groups in total. The third-order valence-corrected chi connectivity index (χ3v) is 3.74. The number of rotatable bonds is 2. The number of para-hydroxylation sites is 1. The number of esters is 1. The first-order valence-corrected chi connectivity index (χ1v) is 8.11. The van der Waals surface area contributed by atoms with Crippen LogP contribution in [0.15, 0.2) is 54.6 Å². The third kappa shape index (κ3) is 3.56. The average molecular weight is 334 g/mol. The SMILES string of the molecule is CC(C)OC(=O)C1(C#Cc2ccccc2)CC(=O)c2ccccc2O1. The van der Waals surface area contributed by atoms with Crippen LogP contribution in [0.4, 0.5) is 0 Å². The predicted octanol–water partition coefficient (Wildman–Crippen LogP) is 3.39. The Morgan fingerprint density at radius 1 is 1.12 bits per heavy atom. The summed E-state index contributed by atoms with van der Waals surface area (Å²) >= 11 is 0. The molecule has 1 unspecified atom stereocenters. The minimum Gasteiger partial charge on any atom is -0.462 e. The van der Waals surface area contributed by atoms with Crippen LogP contribution in [0.3, 0.4) is 0 Å².